The van der Waals surface area contributed by atoms with Crippen molar-refractivity contribution < 1.29 is 9.21 Å². The maximum Gasteiger partial charge on any atom is 0.220 e. The normalized spacial score (nSPS) is 12.0. The van der Waals surface area contributed by atoms with Crippen molar-refractivity contribution in [3.63, 3.8) is 0 Å². The molecule has 2 aromatic carbocycles. The maximum atomic E-state index is 12.3. The van der Waals surface area contributed by atoms with Crippen molar-refractivity contribution in [3.05, 3.63) is 75.7 Å². The fraction of sp³-hybridized carbons (Fsp3) is 0.273. The Morgan fingerprint density at radius 1 is 1.19 bits per heavy atom. The first-order chi connectivity index (χ1) is 12.9. The zero-order valence-electron chi connectivity index (χ0n) is 15.8. The monoisotopic (exact) mass is 426 g/mol. The summed E-state index contributed by atoms with van der Waals surface area (Å²) in [5.74, 6) is 1.28. The zero-order valence-corrected chi connectivity index (χ0v) is 17.3. The molecule has 0 saturated carbocycles. The molecule has 0 aliphatic heterocycles. The van der Waals surface area contributed by atoms with Crippen molar-refractivity contribution in [2.75, 3.05) is 0 Å². The molecular formula is C22H23BrN2O2. The highest BCUT2D eigenvalue weighted by molar-refractivity contribution is 9.10. The zero-order chi connectivity index (χ0) is 19.4. The van der Waals surface area contributed by atoms with E-state index < -0.39 is 0 Å². The predicted molar refractivity (Wildman–Crippen MR) is 110 cm³/mol. The van der Waals surface area contributed by atoms with Gasteiger partial charge in [-0.3, -0.25) is 4.79 Å². The Kier molecular flexibility index (Phi) is 6.11. The number of hydrogen-bond acceptors (Lipinski definition) is 3. The largest absolute Gasteiger partial charge is 0.441 e. The molecule has 0 radical (unpaired) electrons. The second-order valence-corrected chi connectivity index (χ2v) is 7.58. The van der Waals surface area contributed by atoms with E-state index in [9.17, 15) is 4.79 Å². The summed E-state index contributed by atoms with van der Waals surface area (Å²) in [5, 5.41) is 3.02. The van der Waals surface area contributed by atoms with E-state index in [1.54, 1.807) is 6.20 Å². The van der Waals surface area contributed by atoms with Crippen LogP contribution in [-0.4, -0.2) is 10.9 Å². The van der Waals surface area contributed by atoms with E-state index in [4.69, 9.17) is 4.42 Å². The molecule has 3 rings (SSSR count). The van der Waals surface area contributed by atoms with Crippen LogP contribution in [0.15, 0.2) is 57.6 Å². The van der Waals surface area contributed by atoms with Gasteiger partial charge in [-0.25, -0.2) is 4.98 Å². The fourth-order valence-corrected chi connectivity index (χ4v) is 3.52. The average molecular weight is 427 g/mol. The Morgan fingerprint density at radius 2 is 1.96 bits per heavy atom. The van der Waals surface area contributed by atoms with Crippen molar-refractivity contribution in [2.45, 2.75) is 39.7 Å². The van der Waals surface area contributed by atoms with Gasteiger partial charge < -0.3 is 9.73 Å². The first-order valence-corrected chi connectivity index (χ1v) is 9.79. The topological polar surface area (TPSA) is 55.1 Å². The summed E-state index contributed by atoms with van der Waals surface area (Å²) in [7, 11) is 0. The van der Waals surface area contributed by atoms with Crippen molar-refractivity contribution in [2.24, 2.45) is 0 Å². The van der Waals surface area contributed by atoms with E-state index in [1.807, 2.05) is 37.3 Å². The van der Waals surface area contributed by atoms with Gasteiger partial charge >= 0.3 is 0 Å². The number of amides is 1. The smallest absolute Gasteiger partial charge is 0.220 e. The molecule has 1 aromatic heterocycles. The van der Waals surface area contributed by atoms with Crippen LogP contribution in [-0.2, 0) is 11.2 Å². The number of rotatable bonds is 6. The molecule has 1 atom stereocenters. The summed E-state index contributed by atoms with van der Waals surface area (Å²) in [6, 6.07) is 14.0. The molecule has 0 aliphatic carbocycles. The van der Waals surface area contributed by atoms with Gasteiger partial charge in [-0.2, -0.15) is 0 Å². The van der Waals surface area contributed by atoms with Crippen LogP contribution in [0.2, 0.25) is 0 Å². The van der Waals surface area contributed by atoms with Crippen LogP contribution in [0.25, 0.3) is 11.3 Å². The molecule has 5 heteroatoms. The van der Waals surface area contributed by atoms with E-state index in [1.165, 1.54) is 11.1 Å². The van der Waals surface area contributed by atoms with Crippen LogP contribution < -0.4 is 5.32 Å². The third kappa shape index (κ3) is 4.86. The summed E-state index contributed by atoms with van der Waals surface area (Å²) in [5.41, 5.74) is 4.52. The minimum absolute atomic E-state index is 0.0239. The lowest BCUT2D eigenvalue weighted by Crippen LogP contribution is -2.27. The molecule has 3 aromatic rings. The van der Waals surface area contributed by atoms with Gasteiger partial charge in [-0.15, -0.1) is 0 Å². The predicted octanol–water partition coefficient (Wildman–Crippen LogP) is 5.53. The fourth-order valence-electron chi connectivity index (χ4n) is 2.89. The van der Waals surface area contributed by atoms with E-state index in [0.29, 0.717) is 18.7 Å². The molecule has 0 unspecified atom stereocenters. The number of aryl methyl sites for hydroxylation is 3. The lowest BCUT2D eigenvalue weighted by atomic mass is 10.1. The summed E-state index contributed by atoms with van der Waals surface area (Å²) in [4.78, 5) is 16.6. The summed E-state index contributed by atoms with van der Waals surface area (Å²) >= 11 is 3.52. The SMILES string of the molecule is Cc1ccc(-c2cnc(CCC(=O)N[C@@H](C)c3ccccc3Br)o2)cc1C. The number of hydrogen-bond donors (Lipinski definition) is 1. The number of oxazole rings is 1. The molecule has 0 aliphatic rings. The molecule has 0 fully saturated rings. The first-order valence-electron chi connectivity index (χ1n) is 9.00. The number of nitrogens with one attached hydrogen (secondary N) is 1. The molecular weight excluding hydrogens is 404 g/mol. The maximum absolute atomic E-state index is 12.3. The average Bonchev–Trinajstić information content (AvgIpc) is 3.11. The minimum atomic E-state index is -0.0660. The molecule has 0 bridgehead atoms. The van der Waals surface area contributed by atoms with Crippen LogP contribution >= 0.6 is 15.9 Å². The number of nitrogens with zero attached hydrogens (tertiary/aromatic N) is 1. The summed E-state index contributed by atoms with van der Waals surface area (Å²) < 4.78 is 6.81. The van der Waals surface area contributed by atoms with E-state index in [2.05, 4.69) is 52.2 Å². The van der Waals surface area contributed by atoms with Crippen LogP contribution in [0.5, 0.6) is 0 Å². The van der Waals surface area contributed by atoms with Gasteiger partial charge in [0.1, 0.15) is 0 Å². The Hall–Kier alpha value is -2.40. The molecule has 0 saturated heterocycles. The molecule has 1 heterocycles. The molecule has 0 spiro atoms. The minimum Gasteiger partial charge on any atom is -0.441 e. The van der Waals surface area contributed by atoms with Gasteiger partial charge in [-0.1, -0.05) is 46.3 Å². The standard InChI is InChI=1S/C22H23BrN2O2/c1-14-8-9-17(12-15(14)2)20-13-24-22(27-20)11-10-21(26)25-16(3)18-6-4-5-7-19(18)23/h4-9,12-13,16H,10-11H2,1-3H3,(H,25,26)/t16-/m0/s1. The molecule has 27 heavy (non-hydrogen) atoms. The van der Waals surface area contributed by atoms with Gasteiger partial charge in [0.2, 0.25) is 5.91 Å². The number of benzene rings is 2. The van der Waals surface area contributed by atoms with E-state index in [0.717, 1.165) is 21.4 Å². The van der Waals surface area contributed by atoms with Gasteiger partial charge in [0.25, 0.3) is 0 Å². The third-order valence-corrected chi connectivity index (χ3v) is 5.38. The highest BCUT2D eigenvalue weighted by Crippen LogP contribution is 2.24. The van der Waals surface area contributed by atoms with Crippen molar-refractivity contribution in [1.82, 2.24) is 10.3 Å². The number of halogens is 1. The number of carbonyl (C=O) groups excluding carboxylic acids is 1. The lowest BCUT2D eigenvalue weighted by Gasteiger charge is -2.15. The van der Waals surface area contributed by atoms with Gasteiger partial charge in [0.15, 0.2) is 11.7 Å². The van der Waals surface area contributed by atoms with Crippen LogP contribution in [0, 0.1) is 13.8 Å². The quantitative estimate of drug-likeness (QED) is 0.563. The number of aromatic nitrogens is 1. The second kappa shape index (κ2) is 8.53. The highest BCUT2D eigenvalue weighted by atomic mass is 79.9. The van der Waals surface area contributed by atoms with Gasteiger partial charge in [-0.05, 0) is 49.6 Å². The van der Waals surface area contributed by atoms with Gasteiger partial charge in [0, 0.05) is 22.9 Å². The summed E-state index contributed by atoms with van der Waals surface area (Å²) in [6.07, 6.45) is 2.53. The third-order valence-electron chi connectivity index (χ3n) is 4.66. The molecule has 4 nitrogen and oxygen atoms in total. The first kappa shape index (κ1) is 19.4. The van der Waals surface area contributed by atoms with Crippen molar-refractivity contribution in [3.8, 4) is 11.3 Å². The number of carbonyl (C=O) groups is 1. The second-order valence-electron chi connectivity index (χ2n) is 6.73. The summed E-state index contributed by atoms with van der Waals surface area (Å²) in [6.45, 7) is 6.13. The Balaban J connectivity index is 1.57. The van der Waals surface area contributed by atoms with Gasteiger partial charge in [0.05, 0.1) is 12.2 Å². The van der Waals surface area contributed by atoms with Crippen LogP contribution in [0.1, 0.15) is 42.0 Å². The molecule has 140 valence electrons. The molecule has 1 amide bonds. The van der Waals surface area contributed by atoms with Crippen molar-refractivity contribution >= 4 is 21.8 Å². The van der Waals surface area contributed by atoms with E-state index >= 15 is 0 Å². The molecule has 1 N–H and O–H groups in total. The Morgan fingerprint density at radius 3 is 2.70 bits per heavy atom. The van der Waals surface area contributed by atoms with Crippen LogP contribution in [0.3, 0.4) is 0 Å². The van der Waals surface area contributed by atoms with Crippen molar-refractivity contribution in [1.29, 1.82) is 0 Å². The highest BCUT2D eigenvalue weighted by Gasteiger charge is 2.14. The lowest BCUT2D eigenvalue weighted by molar-refractivity contribution is -0.121. The Labute approximate surface area is 168 Å². The van der Waals surface area contributed by atoms with E-state index in [-0.39, 0.29) is 11.9 Å². The van der Waals surface area contributed by atoms with Crippen LogP contribution in [0.4, 0.5) is 0 Å². The Bertz CT molecular complexity index is 949.